The van der Waals surface area contributed by atoms with Gasteiger partial charge in [-0.05, 0) is 51.3 Å². The number of nitrogens with one attached hydrogen (secondary N) is 1. The molecule has 0 amide bonds. The van der Waals surface area contributed by atoms with Gasteiger partial charge in [0.1, 0.15) is 5.76 Å². The molecular weight excluding hydrogens is 236 g/mol. The second kappa shape index (κ2) is 7.11. The van der Waals surface area contributed by atoms with Crippen molar-refractivity contribution in [1.29, 1.82) is 0 Å². The van der Waals surface area contributed by atoms with Gasteiger partial charge in [0.15, 0.2) is 0 Å². The van der Waals surface area contributed by atoms with E-state index in [9.17, 15) is 0 Å². The maximum atomic E-state index is 5.58. The van der Waals surface area contributed by atoms with Crippen LogP contribution in [0.5, 0.6) is 0 Å². The van der Waals surface area contributed by atoms with Gasteiger partial charge in [-0.25, -0.2) is 0 Å². The number of furan rings is 1. The van der Waals surface area contributed by atoms with Crippen molar-refractivity contribution in [2.24, 2.45) is 5.92 Å². The first-order valence-electron chi connectivity index (χ1n) is 7.67. The third-order valence-corrected chi connectivity index (χ3v) is 4.40. The van der Waals surface area contributed by atoms with Crippen LogP contribution in [0.3, 0.4) is 0 Å². The summed E-state index contributed by atoms with van der Waals surface area (Å²) in [6.45, 7) is 7.33. The van der Waals surface area contributed by atoms with E-state index in [4.69, 9.17) is 4.42 Å². The van der Waals surface area contributed by atoms with E-state index in [1.165, 1.54) is 31.2 Å². The quantitative estimate of drug-likeness (QED) is 0.853. The molecule has 0 aliphatic heterocycles. The van der Waals surface area contributed by atoms with Gasteiger partial charge in [0, 0.05) is 18.2 Å². The Bertz CT molecular complexity index is 367. The molecule has 1 aromatic rings. The van der Waals surface area contributed by atoms with Crippen LogP contribution in [0.15, 0.2) is 16.7 Å². The van der Waals surface area contributed by atoms with Gasteiger partial charge in [-0.15, -0.1) is 0 Å². The van der Waals surface area contributed by atoms with E-state index < -0.39 is 0 Å². The van der Waals surface area contributed by atoms with E-state index >= 15 is 0 Å². The SMILES string of the molecule is CCNCc1occc1CN(C)C1CCC(C)CC1. The van der Waals surface area contributed by atoms with Gasteiger partial charge in [-0.2, -0.15) is 0 Å². The van der Waals surface area contributed by atoms with Crippen LogP contribution in [0.4, 0.5) is 0 Å². The number of rotatable bonds is 6. The molecule has 3 heteroatoms. The van der Waals surface area contributed by atoms with Crippen LogP contribution >= 0.6 is 0 Å². The Morgan fingerprint density at radius 2 is 2.05 bits per heavy atom. The predicted molar refractivity (Wildman–Crippen MR) is 79.0 cm³/mol. The van der Waals surface area contributed by atoms with Crippen LogP contribution in [0.1, 0.15) is 50.9 Å². The first-order valence-corrected chi connectivity index (χ1v) is 7.67. The highest BCUT2D eigenvalue weighted by Crippen LogP contribution is 2.27. The second-order valence-corrected chi connectivity index (χ2v) is 5.98. The minimum absolute atomic E-state index is 0.748. The second-order valence-electron chi connectivity index (χ2n) is 5.98. The van der Waals surface area contributed by atoms with Gasteiger partial charge >= 0.3 is 0 Å². The Morgan fingerprint density at radius 1 is 1.32 bits per heavy atom. The molecule has 0 aromatic carbocycles. The zero-order chi connectivity index (χ0) is 13.7. The number of hydrogen-bond acceptors (Lipinski definition) is 3. The van der Waals surface area contributed by atoms with Gasteiger partial charge in [-0.1, -0.05) is 13.8 Å². The standard InChI is InChI=1S/C16H28N2O/c1-4-17-11-16-14(9-10-19-16)12-18(3)15-7-5-13(2)6-8-15/h9-10,13,15,17H,4-8,11-12H2,1-3H3. The Hall–Kier alpha value is -0.800. The number of hydrogen-bond donors (Lipinski definition) is 1. The summed E-state index contributed by atoms with van der Waals surface area (Å²) >= 11 is 0. The molecule has 108 valence electrons. The minimum Gasteiger partial charge on any atom is -0.468 e. The molecule has 1 aliphatic rings. The molecule has 1 aromatic heterocycles. The van der Waals surface area contributed by atoms with E-state index in [0.29, 0.717) is 0 Å². The van der Waals surface area contributed by atoms with E-state index in [-0.39, 0.29) is 0 Å². The lowest BCUT2D eigenvalue weighted by Gasteiger charge is -2.33. The monoisotopic (exact) mass is 264 g/mol. The molecular formula is C16H28N2O. The fourth-order valence-electron chi connectivity index (χ4n) is 2.98. The molecule has 1 aliphatic carbocycles. The fraction of sp³-hybridized carbons (Fsp3) is 0.750. The molecule has 0 unspecified atom stereocenters. The molecule has 0 spiro atoms. The normalized spacial score (nSPS) is 24.0. The van der Waals surface area contributed by atoms with Crippen LogP contribution in [0.25, 0.3) is 0 Å². The van der Waals surface area contributed by atoms with Crippen molar-refractivity contribution in [3.63, 3.8) is 0 Å². The average molecular weight is 264 g/mol. The third kappa shape index (κ3) is 4.08. The molecule has 19 heavy (non-hydrogen) atoms. The Kier molecular flexibility index (Phi) is 5.46. The summed E-state index contributed by atoms with van der Waals surface area (Å²) in [4.78, 5) is 2.51. The lowest BCUT2D eigenvalue weighted by Crippen LogP contribution is -2.34. The smallest absolute Gasteiger partial charge is 0.122 e. The maximum Gasteiger partial charge on any atom is 0.122 e. The largest absolute Gasteiger partial charge is 0.468 e. The highest BCUT2D eigenvalue weighted by Gasteiger charge is 2.22. The summed E-state index contributed by atoms with van der Waals surface area (Å²) in [7, 11) is 2.25. The lowest BCUT2D eigenvalue weighted by atomic mass is 9.86. The van der Waals surface area contributed by atoms with Crippen LogP contribution in [0.2, 0.25) is 0 Å². The Morgan fingerprint density at radius 3 is 2.74 bits per heavy atom. The molecule has 1 N–H and O–H groups in total. The fourth-order valence-corrected chi connectivity index (χ4v) is 2.98. The summed E-state index contributed by atoms with van der Waals surface area (Å²) in [5, 5.41) is 3.34. The predicted octanol–water partition coefficient (Wildman–Crippen LogP) is 3.40. The van der Waals surface area contributed by atoms with Gasteiger partial charge in [0.05, 0.1) is 12.8 Å². The first-order chi connectivity index (χ1) is 9.20. The highest BCUT2D eigenvalue weighted by molar-refractivity contribution is 5.17. The topological polar surface area (TPSA) is 28.4 Å². The summed E-state index contributed by atoms with van der Waals surface area (Å²) < 4.78 is 5.58. The molecule has 0 radical (unpaired) electrons. The Labute approximate surface area is 117 Å². The van der Waals surface area contributed by atoms with Crippen molar-refractivity contribution in [3.8, 4) is 0 Å². The summed E-state index contributed by atoms with van der Waals surface area (Å²) in [5.41, 5.74) is 1.34. The average Bonchev–Trinajstić information content (AvgIpc) is 2.84. The molecule has 0 atom stereocenters. The molecule has 1 saturated carbocycles. The summed E-state index contributed by atoms with van der Waals surface area (Å²) in [6.07, 6.45) is 7.27. The lowest BCUT2D eigenvalue weighted by molar-refractivity contribution is 0.163. The van der Waals surface area contributed by atoms with Gasteiger partial charge < -0.3 is 9.73 Å². The number of nitrogens with zero attached hydrogens (tertiary/aromatic N) is 1. The molecule has 3 nitrogen and oxygen atoms in total. The molecule has 0 bridgehead atoms. The van der Waals surface area contributed by atoms with Crippen molar-refractivity contribution in [3.05, 3.63) is 23.7 Å². The van der Waals surface area contributed by atoms with Gasteiger partial charge in [0.2, 0.25) is 0 Å². The maximum absolute atomic E-state index is 5.58. The van der Waals surface area contributed by atoms with E-state index in [2.05, 4.69) is 37.2 Å². The molecule has 0 saturated heterocycles. The van der Waals surface area contributed by atoms with Crippen molar-refractivity contribution in [1.82, 2.24) is 10.2 Å². The zero-order valence-corrected chi connectivity index (χ0v) is 12.6. The van der Waals surface area contributed by atoms with Gasteiger partial charge in [0.25, 0.3) is 0 Å². The first kappa shape index (κ1) is 14.6. The van der Waals surface area contributed by atoms with Gasteiger partial charge in [-0.3, -0.25) is 4.90 Å². The van der Waals surface area contributed by atoms with Crippen molar-refractivity contribution >= 4 is 0 Å². The molecule has 1 fully saturated rings. The van der Waals surface area contributed by atoms with E-state index in [0.717, 1.165) is 37.4 Å². The minimum atomic E-state index is 0.748. The zero-order valence-electron chi connectivity index (χ0n) is 12.6. The van der Waals surface area contributed by atoms with Crippen LogP contribution in [-0.4, -0.2) is 24.5 Å². The van der Waals surface area contributed by atoms with E-state index in [1.807, 2.05) is 6.26 Å². The summed E-state index contributed by atoms with van der Waals surface area (Å²) in [6, 6.07) is 2.87. The van der Waals surface area contributed by atoms with Crippen molar-refractivity contribution < 1.29 is 4.42 Å². The third-order valence-electron chi connectivity index (χ3n) is 4.40. The molecule has 2 rings (SSSR count). The van der Waals surface area contributed by atoms with Crippen molar-refractivity contribution in [2.45, 2.75) is 58.7 Å². The Balaban J connectivity index is 1.87. The van der Waals surface area contributed by atoms with Crippen LogP contribution < -0.4 is 5.32 Å². The van der Waals surface area contributed by atoms with Crippen LogP contribution in [-0.2, 0) is 13.1 Å². The molecule has 1 heterocycles. The highest BCUT2D eigenvalue weighted by atomic mass is 16.3. The van der Waals surface area contributed by atoms with E-state index in [1.54, 1.807) is 0 Å². The van der Waals surface area contributed by atoms with Crippen molar-refractivity contribution in [2.75, 3.05) is 13.6 Å². The summed E-state index contributed by atoms with van der Waals surface area (Å²) in [5.74, 6) is 2.01. The van der Waals surface area contributed by atoms with Crippen LogP contribution in [0, 0.1) is 5.92 Å².